The highest BCUT2D eigenvalue weighted by Crippen LogP contribution is 2.26. The molecule has 2 rings (SSSR count). The summed E-state index contributed by atoms with van der Waals surface area (Å²) in [6.45, 7) is 4.37. The predicted octanol–water partition coefficient (Wildman–Crippen LogP) is 3.78. The highest BCUT2D eigenvalue weighted by Gasteiger charge is 2.09. The van der Waals surface area contributed by atoms with Gasteiger partial charge in [0.1, 0.15) is 10.0 Å². The average Bonchev–Trinajstić information content (AvgIpc) is 2.87. The molecule has 1 aromatic carbocycles. The normalized spacial score (nSPS) is 12.9. The van der Waals surface area contributed by atoms with Gasteiger partial charge in [-0.25, -0.2) is 0 Å². The maximum atomic E-state index is 4.27. The summed E-state index contributed by atoms with van der Waals surface area (Å²) >= 11 is 1.70. The van der Waals surface area contributed by atoms with E-state index in [4.69, 9.17) is 0 Å². The minimum absolute atomic E-state index is 0.430. The summed E-state index contributed by atoms with van der Waals surface area (Å²) in [5.41, 5.74) is 2.49. The molecular weight excluding hydrogens is 254 g/mol. The molecule has 102 valence electrons. The Hall–Kier alpha value is -1.26. The van der Waals surface area contributed by atoms with Crippen LogP contribution in [-0.4, -0.2) is 29.2 Å². The molecule has 1 atom stereocenters. The van der Waals surface area contributed by atoms with Crippen LogP contribution in [-0.2, 0) is 6.42 Å². The molecule has 0 N–H and O–H groups in total. The fraction of sp³-hybridized carbons (Fsp3) is 0.467. The van der Waals surface area contributed by atoms with Crippen LogP contribution in [0, 0.1) is 0 Å². The first kappa shape index (κ1) is 14.2. The number of nitrogens with zero attached hydrogens (tertiary/aromatic N) is 3. The van der Waals surface area contributed by atoms with Crippen molar-refractivity contribution in [3.05, 3.63) is 34.8 Å². The Balaban J connectivity index is 2.17. The summed E-state index contributed by atoms with van der Waals surface area (Å²) in [6, 6.07) is 9.08. The largest absolute Gasteiger partial charge is 0.303 e. The van der Waals surface area contributed by atoms with Crippen LogP contribution in [0.5, 0.6) is 0 Å². The Kier molecular flexibility index (Phi) is 4.66. The summed E-state index contributed by atoms with van der Waals surface area (Å²) in [5.74, 6) is 0. The van der Waals surface area contributed by atoms with Crippen LogP contribution in [0.1, 0.15) is 36.9 Å². The second-order valence-corrected chi connectivity index (χ2v) is 6.07. The Morgan fingerprint density at radius 1 is 1.16 bits per heavy atom. The standard InChI is InChI=1S/C15H21N3S/c1-5-6-14-16-17-15(19-14)13-9-7-12(8-10-13)11(2)18(3)4/h7-11H,5-6H2,1-4H3/t11-/m1/s1. The van der Waals surface area contributed by atoms with E-state index in [0.717, 1.165) is 28.4 Å². The number of rotatable bonds is 5. The molecule has 0 aliphatic heterocycles. The maximum absolute atomic E-state index is 4.27. The van der Waals surface area contributed by atoms with Crippen LogP contribution < -0.4 is 0 Å². The molecular formula is C15H21N3S. The van der Waals surface area contributed by atoms with E-state index in [1.54, 1.807) is 11.3 Å². The lowest BCUT2D eigenvalue weighted by Crippen LogP contribution is -2.16. The molecule has 1 aromatic heterocycles. The zero-order valence-corrected chi connectivity index (χ0v) is 12.9. The molecule has 0 radical (unpaired) electrons. The molecule has 0 saturated carbocycles. The van der Waals surface area contributed by atoms with Gasteiger partial charge in [0, 0.05) is 18.0 Å². The zero-order valence-electron chi connectivity index (χ0n) is 12.1. The Labute approximate surface area is 119 Å². The van der Waals surface area contributed by atoms with Crippen molar-refractivity contribution in [2.45, 2.75) is 32.7 Å². The van der Waals surface area contributed by atoms with E-state index >= 15 is 0 Å². The van der Waals surface area contributed by atoms with Gasteiger partial charge >= 0.3 is 0 Å². The molecule has 4 heteroatoms. The summed E-state index contributed by atoms with van der Waals surface area (Å²) in [5, 5.41) is 10.6. The fourth-order valence-corrected chi connectivity index (χ4v) is 2.83. The number of aryl methyl sites for hydroxylation is 1. The minimum atomic E-state index is 0.430. The number of benzene rings is 1. The third kappa shape index (κ3) is 3.39. The first-order valence-electron chi connectivity index (χ1n) is 6.71. The van der Waals surface area contributed by atoms with E-state index in [1.165, 1.54) is 5.56 Å². The fourth-order valence-electron chi connectivity index (χ4n) is 1.89. The van der Waals surface area contributed by atoms with Crippen LogP contribution in [0.4, 0.5) is 0 Å². The van der Waals surface area contributed by atoms with E-state index in [9.17, 15) is 0 Å². The molecule has 0 aliphatic carbocycles. The van der Waals surface area contributed by atoms with Gasteiger partial charge in [-0.2, -0.15) is 0 Å². The first-order valence-corrected chi connectivity index (χ1v) is 7.52. The van der Waals surface area contributed by atoms with Crippen molar-refractivity contribution in [1.29, 1.82) is 0 Å². The van der Waals surface area contributed by atoms with Crippen LogP contribution >= 0.6 is 11.3 Å². The van der Waals surface area contributed by atoms with Crippen molar-refractivity contribution in [2.24, 2.45) is 0 Å². The SMILES string of the molecule is CCCc1nnc(-c2ccc([C@@H](C)N(C)C)cc2)s1. The topological polar surface area (TPSA) is 29.0 Å². The van der Waals surface area contributed by atoms with Gasteiger partial charge in [0.15, 0.2) is 0 Å². The predicted molar refractivity (Wildman–Crippen MR) is 81.4 cm³/mol. The second kappa shape index (κ2) is 6.26. The van der Waals surface area contributed by atoms with Crippen LogP contribution in [0.3, 0.4) is 0 Å². The van der Waals surface area contributed by atoms with Crippen LogP contribution in [0.25, 0.3) is 10.6 Å². The average molecular weight is 275 g/mol. The van der Waals surface area contributed by atoms with Gasteiger partial charge in [-0.1, -0.05) is 42.5 Å². The molecule has 0 fully saturated rings. The number of hydrogen-bond donors (Lipinski definition) is 0. The molecule has 0 unspecified atom stereocenters. The summed E-state index contributed by atoms with van der Waals surface area (Å²) in [6.07, 6.45) is 2.14. The molecule has 2 aromatic rings. The molecule has 1 heterocycles. The quantitative estimate of drug-likeness (QED) is 0.831. The Morgan fingerprint density at radius 3 is 2.42 bits per heavy atom. The molecule has 0 saturated heterocycles. The molecule has 19 heavy (non-hydrogen) atoms. The summed E-state index contributed by atoms with van der Waals surface area (Å²) in [7, 11) is 4.20. The lowest BCUT2D eigenvalue weighted by molar-refractivity contribution is 0.321. The van der Waals surface area contributed by atoms with Crippen LogP contribution in [0.15, 0.2) is 24.3 Å². The van der Waals surface area contributed by atoms with Gasteiger partial charge in [-0.3, -0.25) is 0 Å². The van der Waals surface area contributed by atoms with Gasteiger partial charge in [0.25, 0.3) is 0 Å². The summed E-state index contributed by atoms with van der Waals surface area (Å²) < 4.78 is 0. The van der Waals surface area contributed by atoms with Crippen molar-refractivity contribution >= 4 is 11.3 Å². The van der Waals surface area contributed by atoms with Crippen molar-refractivity contribution in [3.63, 3.8) is 0 Å². The zero-order chi connectivity index (χ0) is 13.8. The van der Waals surface area contributed by atoms with Gasteiger partial charge < -0.3 is 4.90 Å². The second-order valence-electron chi connectivity index (χ2n) is 5.01. The van der Waals surface area contributed by atoms with E-state index in [-0.39, 0.29) is 0 Å². The molecule has 0 bridgehead atoms. The highest BCUT2D eigenvalue weighted by atomic mass is 32.1. The van der Waals surface area contributed by atoms with E-state index in [1.807, 2.05) is 0 Å². The van der Waals surface area contributed by atoms with Gasteiger partial charge in [-0.15, -0.1) is 10.2 Å². The van der Waals surface area contributed by atoms with E-state index in [2.05, 4.69) is 67.3 Å². The third-order valence-corrected chi connectivity index (χ3v) is 4.38. The van der Waals surface area contributed by atoms with Gasteiger partial charge in [-0.05, 0) is 33.0 Å². The third-order valence-electron chi connectivity index (χ3n) is 3.35. The van der Waals surface area contributed by atoms with Gasteiger partial charge in [0.05, 0.1) is 0 Å². The maximum Gasteiger partial charge on any atom is 0.147 e. The first-order chi connectivity index (χ1) is 9.11. The van der Waals surface area contributed by atoms with E-state index < -0.39 is 0 Å². The number of hydrogen-bond acceptors (Lipinski definition) is 4. The van der Waals surface area contributed by atoms with E-state index in [0.29, 0.717) is 6.04 Å². The molecule has 0 spiro atoms. The monoisotopic (exact) mass is 275 g/mol. The van der Waals surface area contributed by atoms with Crippen LogP contribution in [0.2, 0.25) is 0 Å². The van der Waals surface area contributed by atoms with Crippen molar-refractivity contribution in [1.82, 2.24) is 15.1 Å². The molecule has 3 nitrogen and oxygen atoms in total. The Morgan fingerprint density at radius 2 is 1.84 bits per heavy atom. The van der Waals surface area contributed by atoms with Gasteiger partial charge in [0.2, 0.25) is 0 Å². The smallest absolute Gasteiger partial charge is 0.147 e. The summed E-state index contributed by atoms with van der Waals surface area (Å²) in [4.78, 5) is 2.21. The number of aromatic nitrogens is 2. The lowest BCUT2D eigenvalue weighted by Gasteiger charge is -2.20. The highest BCUT2D eigenvalue weighted by molar-refractivity contribution is 7.14. The lowest BCUT2D eigenvalue weighted by atomic mass is 10.1. The minimum Gasteiger partial charge on any atom is -0.303 e. The molecule has 0 amide bonds. The van der Waals surface area contributed by atoms with Crippen molar-refractivity contribution in [3.8, 4) is 10.6 Å². The Bertz CT molecular complexity index is 516. The van der Waals surface area contributed by atoms with Crippen molar-refractivity contribution in [2.75, 3.05) is 14.1 Å². The molecule has 0 aliphatic rings. The van der Waals surface area contributed by atoms with Crippen molar-refractivity contribution < 1.29 is 0 Å².